The van der Waals surface area contributed by atoms with Gasteiger partial charge in [0.1, 0.15) is 0 Å². The van der Waals surface area contributed by atoms with E-state index in [4.69, 9.17) is 4.74 Å². The summed E-state index contributed by atoms with van der Waals surface area (Å²) in [4.78, 5) is 11.5. The molecule has 0 amide bonds. The maximum atomic E-state index is 11.5. The van der Waals surface area contributed by atoms with Crippen molar-refractivity contribution in [1.29, 1.82) is 0 Å². The molecule has 18 heavy (non-hydrogen) atoms. The molecule has 0 aromatic carbocycles. The van der Waals surface area contributed by atoms with E-state index in [0.29, 0.717) is 13.0 Å². The molecule has 0 aromatic rings. The van der Waals surface area contributed by atoms with Crippen LogP contribution in [0.4, 0.5) is 0 Å². The van der Waals surface area contributed by atoms with Crippen LogP contribution in [0.15, 0.2) is 0 Å². The molecule has 1 aliphatic carbocycles. The Morgan fingerprint density at radius 1 is 1.06 bits per heavy atom. The molecular weight excluding hydrogens is 224 g/mol. The fourth-order valence-electron chi connectivity index (χ4n) is 2.69. The van der Waals surface area contributed by atoms with Gasteiger partial charge in [-0.2, -0.15) is 0 Å². The Morgan fingerprint density at radius 2 is 1.78 bits per heavy atom. The van der Waals surface area contributed by atoms with Gasteiger partial charge < -0.3 is 4.74 Å². The normalized spacial score (nSPS) is 16.7. The van der Waals surface area contributed by atoms with Crippen molar-refractivity contribution in [3.63, 3.8) is 0 Å². The molecule has 0 atom stereocenters. The number of carbonyl (C=O) groups is 1. The standard InChI is InChI=1S/C16H29O2/c1-2-3-4-5-9-12-16(17)18-14-13-15-10-7-6-8-11-15/h15H,1-14H2. The Kier molecular flexibility index (Phi) is 8.97. The first kappa shape index (κ1) is 15.5. The van der Waals surface area contributed by atoms with Crippen LogP contribution in [-0.2, 0) is 9.53 Å². The summed E-state index contributed by atoms with van der Waals surface area (Å²) < 4.78 is 5.30. The minimum absolute atomic E-state index is 0.000401. The first-order chi connectivity index (χ1) is 8.83. The molecule has 1 fully saturated rings. The summed E-state index contributed by atoms with van der Waals surface area (Å²) >= 11 is 0. The molecule has 0 aliphatic heterocycles. The average molecular weight is 253 g/mol. The van der Waals surface area contributed by atoms with Crippen LogP contribution in [0.25, 0.3) is 0 Å². The Morgan fingerprint density at radius 3 is 2.50 bits per heavy atom. The van der Waals surface area contributed by atoms with E-state index in [1.54, 1.807) is 0 Å². The highest BCUT2D eigenvalue weighted by Crippen LogP contribution is 2.26. The summed E-state index contributed by atoms with van der Waals surface area (Å²) in [5, 5.41) is 0. The van der Waals surface area contributed by atoms with Crippen LogP contribution in [0.3, 0.4) is 0 Å². The molecule has 105 valence electrons. The van der Waals surface area contributed by atoms with Gasteiger partial charge in [0.25, 0.3) is 0 Å². The molecular formula is C16H29O2. The number of unbranched alkanes of at least 4 members (excludes halogenated alkanes) is 4. The van der Waals surface area contributed by atoms with Crippen molar-refractivity contribution >= 4 is 5.97 Å². The van der Waals surface area contributed by atoms with Crippen LogP contribution >= 0.6 is 0 Å². The number of hydrogen-bond acceptors (Lipinski definition) is 2. The summed E-state index contributed by atoms with van der Waals surface area (Å²) in [7, 11) is 0. The second-order valence-corrected chi connectivity index (χ2v) is 5.53. The van der Waals surface area contributed by atoms with Gasteiger partial charge in [0.2, 0.25) is 0 Å². The molecule has 2 nitrogen and oxygen atoms in total. The number of rotatable bonds is 9. The Balaban J connectivity index is 1.89. The molecule has 0 aromatic heterocycles. The van der Waals surface area contributed by atoms with Gasteiger partial charge in [0.05, 0.1) is 6.61 Å². The average Bonchev–Trinajstić information content (AvgIpc) is 2.40. The maximum absolute atomic E-state index is 11.5. The van der Waals surface area contributed by atoms with Crippen molar-refractivity contribution in [3.8, 4) is 0 Å². The van der Waals surface area contributed by atoms with Crippen LogP contribution in [0, 0.1) is 12.8 Å². The quantitative estimate of drug-likeness (QED) is 0.441. The SMILES string of the molecule is [CH2]CCCCCCC(=O)OCCC1CCCCC1. The van der Waals surface area contributed by atoms with Crippen molar-refractivity contribution in [3.05, 3.63) is 6.92 Å². The van der Waals surface area contributed by atoms with Gasteiger partial charge in [-0.25, -0.2) is 0 Å². The second-order valence-electron chi connectivity index (χ2n) is 5.53. The fraction of sp³-hybridized carbons (Fsp3) is 0.875. The van der Waals surface area contributed by atoms with Crippen molar-refractivity contribution in [1.82, 2.24) is 0 Å². The third-order valence-corrected chi connectivity index (χ3v) is 3.89. The summed E-state index contributed by atoms with van der Waals surface area (Å²) in [6.45, 7) is 4.45. The van der Waals surface area contributed by atoms with Crippen LogP contribution in [0.1, 0.15) is 77.0 Å². The van der Waals surface area contributed by atoms with Gasteiger partial charge in [-0.1, -0.05) is 64.7 Å². The van der Waals surface area contributed by atoms with Gasteiger partial charge in [-0.05, 0) is 18.8 Å². The number of carbonyl (C=O) groups excluding carboxylic acids is 1. The lowest BCUT2D eigenvalue weighted by Gasteiger charge is -2.21. The van der Waals surface area contributed by atoms with E-state index in [2.05, 4.69) is 6.92 Å². The lowest BCUT2D eigenvalue weighted by molar-refractivity contribution is -0.144. The zero-order chi connectivity index (χ0) is 13.1. The van der Waals surface area contributed by atoms with E-state index in [9.17, 15) is 4.79 Å². The molecule has 0 unspecified atom stereocenters. The minimum atomic E-state index is 0.000401. The largest absolute Gasteiger partial charge is 0.466 e. The van der Waals surface area contributed by atoms with E-state index in [0.717, 1.165) is 31.6 Å². The molecule has 0 spiro atoms. The minimum Gasteiger partial charge on any atom is -0.466 e. The smallest absolute Gasteiger partial charge is 0.305 e. The number of esters is 1. The van der Waals surface area contributed by atoms with Gasteiger partial charge >= 0.3 is 5.97 Å². The summed E-state index contributed by atoms with van der Waals surface area (Å²) in [6.07, 6.45) is 14.0. The third kappa shape index (κ3) is 7.73. The van der Waals surface area contributed by atoms with Crippen molar-refractivity contribution < 1.29 is 9.53 Å². The fourth-order valence-corrected chi connectivity index (χ4v) is 2.69. The lowest BCUT2D eigenvalue weighted by Crippen LogP contribution is -2.12. The molecule has 1 saturated carbocycles. The Bertz CT molecular complexity index is 207. The highest BCUT2D eigenvalue weighted by molar-refractivity contribution is 5.69. The molecule has 1 aliphatic rings. The van der Waals surface area contributed by atoms with Gasteiger partial charge in [0, 0.05) is 6.42 Å². The van der Waals surface area contributed by atoms with Crippen LogP contribution in [0.5, 0.6) is 0 Å². The Labute approximate surface area is 112 Å². The lowest BCUT2D eigenvalue weighted by atomic mass is 9.87. The summed E-state index contributed by atoms with van der Waals surface area (Å²) in [5.74, 6) is 0.809. The van der Waals surface area contributed by atoms with Crippen molar-refractivity contribution in [2.45, 2.75) is 77.0 Å². The molecule has 2 heteroatoms. The number of ether oxygens (including phenoxy) is 1. The Hall–Kier alpha value is -0.530. The van der Waals surface area contributed by atoms with E-state index in [-0.39, 0.29) is 5.97 Å². The third-order valence-electron chi connectivity index (χ3n) is 3.89. The molecule has 0 N–H and O–H groups in total. The van der Waals surface area contributed by atoms with E-state index in [1.807, 2.05) is 0 Å². The first-order valence-corrected chi connectivity index (χ1v) is 7.78. The van der Waals surface area contributed by atoms with E-state index < -0.39 is 0 Å². The zero-order valence-electron chi connectivity index (χ0n) is 11.8. The zero-order valence-corrected chi connectivity index (χ0v) is 11.8. The topological polar surface area (TPSA) is 26.3 Å². The highest BCUT2D eigenvalue weighted by atomic mass is 16.5. The van der Waals surface area contributed by atoms with Crippen molar-refractivity contribution in [2.75, 3.05) is 6.61 Å². The molecule has 0 heterocycles. The second kappa shape index (κ2) is 10.4. The van der Waals surface area contributed by atoms with Gasteiger partial charge in [-0.15, -0.1) is 0 Å². The van der Waals surface area contributed by atoms with E-state index in [1.165, 1.54) is 44.9 Å². The molecule has 0 bridgehead atoms. The predicted molar refractivity (Wildman–Crippen MR) is 75.2 cm³/mol. The first-order valence-electron chi connectivity index (χ1n) is 7.78. The molecule has 0 saturated heterocycles. The molecule has 1 radical (unpaired) electrons. The molecule has 1 rings (SSSR count). The van der Waals surface area contributed by atoms with E-state index >= 15 is 0 Å². The maximum Gasteiger partial charge on any atom is 0.305 e. The van der Waals surface area contributed by atoms with Crippen LogP contribution in [0.2, 0.25) is 0 Å². The predicted octanol–water partition coefficient (Wildman–Crippen LogP) is 4.67. The van der Waals surface area contributed by atoms with Gasteiger partial charge in [-0.3, -0.25) is 4.79 Å². The van der Waals surface area contributed by atoms with Crippen LogP contribution in [-0.4, -0.2) is 12.6 Å². The summed E-state index contributed by atoms with van der Waals surface area (Å²) in [6, 6.07) is 0. The highest BCUT2D eigenvalue weighted by Gasteiger charge is 2.13. The van der Waals surface area contributed by atoms with Crippen LogP contribution < -0.4 is 0 Å². The summed E-state index contributed by atoms with van der Waals surface area (Å²) in [5.41, 5.74) is 0. The van der Waals surface area contributed by atoms with Crippen molar-refractivity contribution in [2.24, 2.45) is 5.92 Å². The number of hydrogen-bond donors (Lipinski definition) is 0. The van der Waals surface area contributed by atoms with Gasteiger partial charge in [0.15, 0.2) is 0 Å². The monoisotopic (exact) mass is 253 g/mol.